The molecule has 0 atom stereocenters. The van der Waals surface area contributed by atoms with Gasteiger partial charge in [-0.1, -0.05) is 32.0 Å². The number of amides is 3. The zero-order chi connectivity index (χ0) is 20.3. The second kappa shape index (κ2) is 8.37. The minimum atomic E-state index is -0.930. The lowest BCUT2D eigenvalue weighted by atomic mass is 10.1. The fourth-order valence-corrected chi connectivity index (χ4v) is 3.10. The Bertz CT molecular complexity index is 886. The molecule has 1 heterocycles. The zero-order valence-electron chi connectivity index (χ0n) is 15.9. The molecule has 1 aliphatic rings. The van der Waals surface area contributed by atoms with E-state index in [0.29, 0.717) is 30.0 Å². The summed E-state index contributed by atoms with van der Waals surface area (Å²) in [6.45, 7) is 4.82. The number of carbonyl (C=O) groups excluding carboxylic acids is 2. The maximum Gasteiger partial charge on any atom is 0.324 e. The van der Waals surface area contributed by atoms with Gasteiger partial charge in [0.05, 0.1) is 11.4 Å². The summed E-state index contributed by atoms with van der Waals surface area (Å²) in [6, 6.07) is 10.6. The van der Waals surface area contributed by atoms with Gasteiger partial charge in [0.1, 0.15) is 0 Å². The standard InChI is InChI=1S/C21H23F2N3O2/c1-14(2)20(27)24-18-6-3-4-7-19(18)26-11-5-10-25(21(26)28)13-15-8-9-16(22)17(23)12-15/h3-4,6-9,12,14H,5,10-11,13H2,1-2H3,(H,24,27). The molecule has 1 N–H and O–H groups in total. The molecule has 0 unspecified atom stereocenters. The summed E-state index contributed by atoms with van der Waals surface area (Å²) in [5.74, 6) is -2.16. The van der Waals surface area contributed by atoms with Crippen molar-refractivity contribution in [2.75, 3.05) is 23.3 Å². The molecule has 0 saturated carbocycles. The summed E-state index contributed by atoms with van der Waals surface area (Å²) in [4.78, 5) is 28.3. The van der Waals surface area contributed by atoms with Crippen LogP contribution in [-0.2, 0) is 11.3 Å². The first-order valence-corrected chi connectivity index (χ1v) is 9.27. The van der Waals surface area contributed by atoms with Gasteiger partial charge in [0.2, 0.25) is 5.91 Å². The van der Waals surface area contributed by atoms with E-state index in [1.165, 1.54) is 6.07 Å². The van der Waals surface area contributed by atoms with E-state index < -0.39 is 11.6 Å². The van der Waals surface area contributed by atoms with Gasteiger partial charge in [-0.3, -0.25) is 9.69 Å². The lowest BCUT2D eigenvalue weighted by Gasteiger charge is -2.36. The van der Waals surface area contributed by atoms with Crippen molar-refractivity contribution in [1.82, 2.24) is 4.90 Å². The summed E-state index contributed by atoms with van der Waals surface area (Å²) in [5.41, 5.74) is 1.72. The maximum absolute atomic E-state index is 13.5. The largest absolute Gasteiger partial charge is 0.324 e. The van der Waals surface area contributed by atoms with Crippen LogP contribution in [0.25, 0.3) is 0 Å². The molecule has 0 aliphatic carbocycles. The maximum atomic E-state index is 13.5. The SMILES string of the molecule is CC(C)C(=O)Nc1ccccc1N1CCCN(Cc2ccc(F)c(F)c2)C1=O. The molecule has 148 valence electrons. The van der Waals surface area contributed by atoms with Crippen molar-refractivity contribution < 1.29 is 18.4 Å². The lowest BCUT2D eigenvalue weighted by molar-refractivity contribution is -0.118. The van der Waals surface area contributed by atoms with Gasteiger partial charge in [-0.05, 0) is 36.2 Å². The van der Waals surface area contributed by atoms with Crippen LogP contribution in [-0.4, -0.2) is 29.9 Å². The van der Waals surface area contributed by atoms with E-state index >= 15 is 0 Å². The highest BCUT2D eigenvalue weighted by Gasteiger charge is 2.28. The molecule has 0 aromatic heterocycles. The first kappa shape index (κ1) is 19.8. The Morgan fingerprint density at radius 3 is 2.57 bits per heavy atom. The second-order valence-corrected chi connectivity index (χ2v) is 7.12. The van der Waals surface area contributed by atoms with Gasteiger partial charge < -0.3 is 10.2 Å². The van der Waals surface area contributed by atoms with E-state index in [0.717, 1.165) is 18.6 Å². The van der Waals surface area contributed by atoms with E-state index in [2.05, 4.69) is 5.32 Å². The third-order valence-electron chi connectivity index (χ3n) is 4.65. The van der Waals surface area contributed by atoms with Gasteiger partial charge in [0.15, 0.2) is 11.6 Å². The average molecular weight is 387 g/mol. The molecule has 2 aromatic carbocycles. The van der Waals surface area contributed by atoms with Gasteiger partial charge in [-0.15, -0.1) is 0 Å². The number of urea groups is 1. The third-order valence-corrected chi connectivity index (χ3v) is 4.65. The highest BCUT2D eigenvalue weighted by Crippen LogP contribution is 2.29. The van der Waals surface area contributed by atoms with Crippen molar-refractivity contribution in [1.29, 1.82) is 0 Å². The van der Waals surface area contributed by atoms with E-state index in [9.17, 15) is 18.4 Å². The first-order chi connectivity index (χ1) is 13.4. The fraction of sp³-hybridized carbons (Fsp3) is 0.333. The normalized spacial score (nSPS) is 14.5. The smallest absolute Gasteiger partial charge is 0.324 e. The van der Waals surface area contributed by atoms with Crippen molar-refractivity contribution in [2.24, 2.45) is 5.92 Å². The van der Waals surface area contributed by atoms with Crippen LogP contribution in [0.4, 0.5) is 25.0 Å². The Balaban J connectivity index is 1.81. The van der Waals surface area contributed by atoms with Crippen molar-refractivity contribution >= 4 is 23.3 Å². The van der Waals surface area contributed by atoms with Crippen LogP contribution < -0.4 is 10.2 Å². The predicted molar refractivity (Wildman–Crippen MR) is 104 cm³/mol. The summed E-state index contributed by atoms with van der Waals surface area (Å²) in [7, 11) is 0. The monoisotopic (exact) mass is 387 g/mol. The number of halogens is 2. The molecule has 7 heteroatoms. The van der Waals surface area contributed by atoms with Gasteiger partial charge >= 0.3 is 6.03 Å². The molecule has 0 bridgehead atoms. The minimum absolute atomic E-state index is 0.129. The van der Waals surface area contributed by atoms with Crippen LogP contribution in [0.1, 0.15) is 25.8 Å². The highest BCUT2D eigenvalue weighted by atomic mass is 19.2. The molecule has 3 rings (SSSR count). The Kier molecular flexibility index (Phi) is 5.92. The average Bonchev–Trinajstić information content (AvgIpc) is 2.67. The van der Waals surface area contributed by atoms with Gasteiger partial charge in [-0.2, -0.15) is 0 Å². The molecule has 1 saturated heterocycles. The number of rotatable bonds is 5. The topological polar surface area (TPSA) is 52.7 Å². The van der Waals surface area contributed by atoms with Crippen molar-refractivity contribution in [3.63, 3.8) is 0 Å². The fourth-order valence-electron chi connectivity index (χ4n) is 3.10. The van der Waals surface area contributed by atoms with Gasteiger partial charge in [0.25, 0.3) is 0 Å². The number of benzene rings is 2. The van der Waals surface area contributed by atoms with Gasteiger partial charge in [-0.25, -0.2) is 13.6 Å². The summed E-state index contributed by atoms with van der Waals surface area (Å²) in [5, 5.41) is 2.86. The van der Waals surface area contributed by atoms with Gasteiger partial charge in [0, 0.05) is 25.6 Å². The van der Waals surface area contributed by atoms with Crippen LogP contribution in [0.2, 0.25) is 0 Å². The molecule has 2 aromatic rings. The highest BCUT2D eigenvalue weighted by molar-refractivity contribution is 6.01. The van der Waals surface area contributed by atoms with Crippen LogP contribution in [0.3, 0.4) is 0 Å². The van der Waals surface area contributed by atoms with Crippen LogP contribution in [0.15, 0.2) is 42.5 Å². The number of carbonyl (C=O) groups is 2. The number of nitrogens with one attached hydrogen (secondary N) is 1. The number of hydrogen-bond donors (Lipinski definition) is 1. The zero-order valence-corrected chi connectivity index (χ0v) is 15.9. The predicted octanol–water partition coefficient (Wildman–Crippen LogP) is 4.39. The van der Waals surface area contributed by atoms with Crippen molar-refractivity contribution in [3.05, 3.63) is 59.7 Å². The Labute approximate surface area is 162 Å². The van der Waals surface area contributed by atoms with Crippen LogP contribution in [0.5, 0.6) is 0 Å². The second-order valence-electron chi connectivity index (χ2n) is 7.12. The van der Waals surface area contributed by atoms with E-state index in [1.54, 1.807) is 41.8 Å². The van der Waals surface area contributed by atoms with E-state index in [1.807, 2.05) is 6.07 Å². The molecule has 0 radical (unpaired) electrons. The summed E-state index contributed by atoms with van der Waals surface area (Å²) < 4.78 is 26.6. The Morgan fingerprint density at radius 1 is 1.11 bits per heavy atom. The van der Waals surface area contributed by atoms with Crippen LogP contribution >= 0.6 is 0 Å². The summed E-state index contributed by atoms with van der Waals surface area (Å²) >= 11 is 0. The number of anilines is 2. The summed E-state index contributed by atoms with van der Waals surface area (Å²) in [6.07, 6.45) is 0.724. The molecular weight excluding hydrogens is 364 g/mol. The molecule has 1 fully saturated rings. The molecule has 5 nitrogen and oxygen atoms in total. The lowest BCUT2D eigenvalue weighted by Crippen LogP contribution is -2.49. The van der Waals surface area contributed by atoms with E-state index in [-0.39, 0.29) is 24.4 Å². The number of hydrogen-bond acceptors (Lipinski definition) is 2. The third kappa shape index (κ3) is 4.30. The molecule has 1 aliphatic heterocycles. The molecular formula is C21H23F2N3O2. The number of para-hydroxylation sites is 2. The van der Waals surface area contributed by atoms with Crippen molar-refractivity contribution in [3.8, 4) is 0 Å². The van der Waals surface area contributed by atoms with E-state index in [4.69, 9.17) is 0 Å². The molecule has 3 amide bonds. The molecule has 28 heavy (non-hydrogen) atoms. The Hall–Kier alpha value is -2.96. The Morgan fingerprint density at radius 2 is 1.86 bits per heavy atom. The van der Waals surface area contributed by atoms with Crippen LogP contribution in [0, 0.1) is 17.6 Å². The number of nitrogens with zero attached hydrogens (tertiary/aromatic N) is 2. The quantitative estimate of drug-likeness (QED) is 0.827. The minimum Gasteiger partial charge on any atom is -0.324 e. The molecule has 0 spiro atoms. The first-order valence-electron chi connectivity index (χ1n) is 9.27. The van der Waals surface area contributed by atoms with Crippen molar-refractivity contribution in [2.45, 2.75) is 26.8 Å².